The highest BCUT2D eigenvalue weighted by atomic mass is 32.2. The third-order valence-corrected chi connectivity index (χ3v) is 6.00. The minimum Gasteiger partial charge on any atom is -0.299 e. The van der Waals surface area contributed by atoms with Crippen molar-refractivity contribution in [2.24, 2.45) is 0 Å². The zero-order valence-corrected chi connectivity index (χ0v) is 16.0. The van der Waals surface area contributed by atoms with Gasteiger partial charge < -0.3 is 0 Å². The molecule has 0 saturated heterocycles. The van der Waals surface area contributed by atoms with E-state index in [0.29, 0.717) is 10.8 Å². The van der Waals surface area contributed by atoms with Crippen LogP contribution < -0.4 is 10.9 Å². The first-order valence-corrected chi connectivity index (χ1v) is 10.2. The Morgan fingerprint density at radius 2 is 2.20 bits per heavy atom. The van der Waals surface area contributed by atoms with E-state index in [0.717, 1.165) is 15.0 Å². The molecule has 1 atom stereocenters. The van der Waals surface area contributed by atoms with Gasteiger partial charge in [-0.05, 0) is 30.2 Å². The van der Waals surface area contributed by atoms with E-state index in [1.807, 2.05) is 24.4 Å². The highest BCUT2D eigenvalue weighted by molar-refractivity contribution is 8.01. The predicted octanol–water partition coefficient (Wildman–Crippen LogP) is 3.14. The van der Waals surface area contributed by atoms with Gasteiger partial charge in [-0.3, -0.25) is 14.9 Å². The third kappa shape index (κ3) is 4.14. The van der Waals surface area contributed by atoms with Gasteiger partial charge in [-0.15, -0.1) is 21.5 Å². The number of thiophene rings is 1. The number of hydrogen-bond donors (Lipinski definition) is 1. The highest BCUT2D eigenvalue weighted by Gasteiger charge is 2.20. The number of carbonyl (C=O) groups is 1. The minimum atomic E-state index is -0.765. The molecule has 3 heterocycles. The second-order valence-electron chi connectivity index (χ2n) is 4.95. The fourth-order valence-corrected chi connectivity index (χ4v) is 4.36. The summed E-state index contributed by atoms with van der Waals surface area (Å²) in [6.07, 6.45) is 0. The van der Waals surface area contributed by atoms with Crippen LogP contribution in [-0.2, 0) is 4.79 Å². The van der Waals surface area contributed by atoms with Crippen LogP contribution >= 0.6 is 34.4 Å². The summed E-state index contributed by atoms with van der Waals surface area (Å²) in [7, 11) is 0. The molecule has 0 fully saturated rings. The summed E-state index contributed by atoms with van der Waals surface area (Å²) in [4.78, 5) is 25.5. The summed E-state index contributed by atoms with van der Waals surface area (Å²) in [5, 5.41) is 17.3. The first-order chi connectivity index (χ1) is 12.1. The smallest absolute Gasteiger partial charge is 0.267 e. The number of rotatable bonds is 6. The Hall–Kier alpha value is -2.04. The van der Waals surface area contributed by atoms with E-state index < -0.39 is 6.04 Å². The number of amides is 1. The van der Waals surface area contributed by atoms with E-state index in [1.54, 1.807) is 24.8 Å². The largest absolute Gasteiger partial charge is 0.299 e. The molecule has 0 bridgehead atoms. The highest BCUT2D eigenvalue weighted by Crippen LogP contribution is 2.25. The van der Waals surface area contributed by atoms with Crippen molar-refractivity contribution >= 4 is 45.5 Å². The normalized spacial score (nSPS) is 12.1. The average molecular weight is 394 g/mol. The number of nitrogens with zero attached hydrogens (tertiary/aromatic N) is 4. The van der Waals surface area contributed by atoms with Crippen molar-refractivity contribution in [2.45, 2.75) is 24.2 Å². The maximum absolute atomic E-state index is 12.5. The van der Waals surface area contributed by atoms with Gasteiger partial charge >= 0.3 is 0 Å². The molecule has 0 aliphatic rings. The van der Waals surface area contributed by atoms with Gasteiger partial charge in [0, 0.05) is 6.07 Å². The molecule has 3 aromatic heterocycles. The average Bonchev–Trinajstić information content (AvgIpc) is 3.27. The molecule has 1 unspecified atom stereocenters. The van der Waals surface area contributed by atoms with Gasteiger partial charge in [0.1, 0.15) is 11.7 Å². The van der Waals surface area contributed by atoms with Crippen LogP contribution in [0.3, 0.4) is 0 Å². The molecule has 1 N–H and O–H groups in total. The number of carbonyl (C=O) groups excluding carboxylic acids is 1. The number of thioether (sulfide) groups is 1. The zero-order valence-electron chi connectivity index (χ0n) is 13.5. The molecule has 0 aliphatic heterocycles. The Morgan fingerprint density at radius 1 is 1.36 bits per heavy atom. The van der Waals surface area contributed by atoms with Crippen LogP contribution in [-0.4, -0.2) is 31.6 Å². The topological polar surface area (TPSA) is 89.8 Å². The van der Waals surface area contributed by atoms with E-state index in [4.69, 9.17) is 0 Å². The molecule has 3 aromatic rings. The van der Waals surface area contributed by atoms with Gasteiger partial charge in [0.15, 0.2) is 4.34 Å². The Kier molecular flexibility index (Phi) is 5.61. The Bertz CT molecular complexity index is 919. The maximum Gasteiger partial charge on any atom is 0.267 e. The van der Waals surface area contributed by atoms with Crippen LogP contribution in [0.5, 0.6) is 0 Å². The first-order valence-electron chi connectivity index (χ1n) is 7.49. The molecule has 0 aliphatic carbocycles. The molecule has 0 spiro atoms. The Balaban J connectivity index is 1.79. The molecule has 7 nitrogen and oxygen atoms in total. The third-order valence-electron chi connectivity index (χ3n) is 3.25. The Labute approximate surface area is 156 Å². The number of anilines is 1. The number of hydrogen-bond acceptors (Lipinski definition) is 8. The fourth-order valence-electron chi connectivity index (χ4n) is 2.02. The molecule has 25 heavy (non-hydrogen) atoms. The quantitative estimate of drug-likeness (QED) is 0.511. The Morgan fingerprint density at radius 3 is 2.92 bits per heavy atom. The van der Waals surface area contributed by atoms with Gasteiger partial charge in [0.05, 0.1) is 4.88 Å². The monoisotopic (exact) mass is 393 g/mol. The molecular formula is C15H15N5O2S3. The van der Waals surface area contributed by atoms with Crippen molar-refractivity contribution in [3.8, 4) is 10.6 Å². The molecule has 0 saturated carbocycles. The SMILES string of the molecule is CCSc1nnc(NC(=O)C(C)n2nc(-c3cccs3)ccc2=O)s1. The molecule has 1 amide bonds. The van der Waals surface area contributed by atoms with Crippen LogP contribution in [0.1, 0.15) is 19.9 Å². The maximum atomic E-state index is 12.5. The molecular weight excluding hydrogens is 378 g/mol. The van der Waals surface area contributed by atoms with Crippen LogP contribution in [0.4, 0.5) is 5.13 Å². The van der Waals surface area contributed by atoms with E-state index in [9.17, 15) is 9.59 Å². The van der Waals surface area contributed by atoms with Crippen molar-refractivity contribution < 1.29 is 4.79 Å². The standard InChI is InChI=1S/C15H15N5O2S3/c1-3-23-15-18-17-14(25-15)16-13(22)9(2)20-12(21)7-6-10(19-20)11-5-4-8-24-11/h4-9H,3H2,1-2H3,(H,16,17,22). The van der Waals surface area contributed by atoms with Crippen LogP contribution in [0.2, 0.25) is 0 Å². The summed E-state index contributed by atoms with van der Waals surface area (Å²) >= 11 is 4.39. The van der Waals surface area contributed by atoms with Crippen molar-refractivity contribution in [3.05, 3.63) is 40.0 Å². The van der Waals surface area contributed by atoms with Crippen molar-refractivity contribution in [3.63, 3.8) is 0 Å². The second kappa shape index (κ2) is 7.89. The molecule has 10 heteroatoms. The van der Waals surface area contributed by atoms with Crippen LogP contribution in [0.15, 0.2) is 38.8 Å². The fraction of sp³-hybridized carbons (Fsp3) is 0.267. The minimum absolute atomic E-state index is 0.331. The molecule has 0 radical (unpaired) electrons. The summed E-state index contributed by atoms with van der Waals surface area (Å²) in [6, 6.07) is 6.15. The van der Waals surface area contributed by atoms with E-state index in [1.165, 1.54) is 33.4 Å². The lowest BCUT2D eigenvalue weighted by Gasteiger charge is -2.13. The lowest BCUT2D eigenvalue weighted by molar-refractivity contribution is -0.119. The van der Waals surface area contributed by atoms with Gasteiger partial charge in [0.2, 0.25) is 5.13 Å². The van der Waals surface area contributed by atoms with Crippen LogP contribution in [0.25, 0.3) is 10.6 Å². The lowest BCUT2D eigenvalue weighted by atomic mass is 10.3. The first kappa shape index (κ1) is 17.8. The van der Waals surface area contributed by atoms with Crippen molar-refractivity contribution in [1.82, 2.24) is 20.0 Å². The summed E-state index contributed by atoms with van der Waals surface area (Å²) < 4.78 is 1.98. The molecule has 130 valence electrons. The van der Waals surface area contributed by atoms with Gasteiger partial charge in [-0.2, -0.15) is 5.10 Å². The van der Waals surface area contributed by atoms with Gasteiger partial charge in [0.25, 0.3) is 11.5 Å². The summed E-state index contributed by atoms with van der Waals surface area (Å²) in [5.41, 5.74) is 0.328. The summed E-state index contributed by atoms with van der Waals surface area (Å²) in [5.74, 6) is 0.524. The number of nitrogens with one attached hydrogen (secondary N) is 1. The zero-order chi connectivity index (χ0) is 17.8. The van der Waals surface area contributed by atoms with Gasteiger partial charge in [-0.25, -0.2) is 4.68 Å². The van der Waals surface area contributed by atoms with Gasteiger partial charge in [-0.1, -0.05) is 36.1 Å². The second-order valence-corrected chi connectivity index (χ2v) is 8.39. The van der Waals surface area contributed by atoms with Crippen molar-refractivity contribution in [1.29, 1.82) is 0 Å². The van der Waals surface area contributed by atoms with Crippen LogP contribution in [0, 0.1) is 0 Å². The summed E-state index contributed by atoms with van der Waals surface area (Å²) in [6.45, 7) is 3.65. The van der Waals surface area contributed by atoms with Crippen molar-refractivity contribution in [2.75, 3.05) is 11.1 Å². The molecule has 0 aromatic carbocycles. The predicted molar refractivity (Wildman–Crippen MR) is 101 cm³/mol. The molecule has 3 rings (SSSR count). The van der Waals surface area contributed by atoms with E-state index in [-0.39, 0.29) is 11.5 Å². The lowest BCUT2D eigenvalue weighted by Crippen LogP contribution is -2.33. The number of aromatic nitrogens is 4. The van der Waals surface area contributed by atoms with E-state index in [2.05, 4.69) is 20.6 Å². The van der Waals surface area contributed by atoms with E-state index >= 15 is 0 Å².